The fraction of sp³-hybridized carbons (Fsp3) is 0.455. The van der Waals surface area contributed by atoms with E-state index in [2.05, 4.69) is 0 Å². The minimum absolute atomic E-state index is 0.182. The summed E-state index contributed by atoms with van der Waals surface area (Å²) in [5, 5.41) is 12.2. The quantitative estimate of drug-likeness (QED) is 0.251. The Morgan fingerprint density at radius 1 is 0.667 bits per heavy atom. The number of piperidine rings is 1. The van der Waals surface area contributed by atoms with Crippen LogP contribution in [-0.2, 0) is 0 Å². The lowest BCUT2D eigenvalue weighted by atomic mass is 10.1. The Balaban J connectivity index is 2.63. The second kappa shape index (κ2) is 4.47. The zero-order chi connectivity index (χ0) is 13.5. The van der Waals surface area contributed by atoms with Gasteiger partial charge in [-0.2, -0.15) is 8.78 Å². The highest BCUT2D eigenvalue weighted by Crippen LogP contribution is 2.36. The fourth-order valence-corrected chi connectivity index (χ4v) is 2.20. The molecule has 1 fully saturated rings. The maximum atomic E-state index is 13.5. The van der Waals surface area contributed by atoms with Crippen LogP contribution in [0.2, 0.25) is 0 Å². The van der Waals surface area contributed by atoms with Crippen LogP contribution in [0.4, 0.5) is 27.6 Å². The molecule has 0 spiro atoms. The van der Waals surface area contributed by atoms with Crippen LogP contribution >= 0.6 is 0 Å². The van der Waals surface area contributed by atoms with Crippen LogP contribution in [0.15, 0.2) is 0 Å². The maximum absolute atomic E-state index is 13.5. The fourth-order valence-electron chi connectivity index (χ4n) is 2.20. The van der Waals surface area contributed by atoms with Gasteiger partial charge in [0.1, 0.15) is 0 Å². The number of hydrogen-bond donors (Lipinski definition) is 0. The number of quaternary nitrogens is 1. The summed E-state index contributed by atoms with van der Waals surface area (Å²) in [4.78, 5) is 0. The van der Waals surface area contributed by atoms with Crippen molar-refractivity contribution in [1.29, 1.82) is 0 Å². The van der Waals surface area contributed by atoms with Crippen molar-refractivity contribution >= 4 is 5.69 Å². The monoisotopic (exact) mass is 267 g/mol. The smallest absolute Gasteiger partial charge is 0.226 e. The molecule has 0 aliphatic carbocycles. The third-order valence-corrected chi connectivity index (χ3v) is 3.13. The van der Waals surface area contributed by atoms with E-state index in [-0.39, 0.29) is 13.1 Å². The standard InChI is InChI=1S/C11H10F5NO/c12-6-7(13)9(15)11(10(16)8(6)14)17(18)4-2-1-3-5-17/h1-5H2. The average molecular weight is 267 g/mol. The van der Waals surface area contributed by atoms with Crippen LogP contribution < -0.4 is 4.65 Å². The predicted molar refractivity (Wildman–Crippen MR) is 55.0 cm³/mol. The van der Waals surface area contributed by atoms with Crippen LogP contribution in [0.3, 0.4) is 0 Å². The Morgan fingerprint density at radius 2 is 1.06 bits per heavy atom. The SMILES string of the molecule is [O-][N+]1(c2c(F)c(F)c(F)c(F)c2F)CCCCC1. The molecule has 7 heteroatoms. The summed E-state index contributed by atoms with van der Waals surface area (Å²) < 4.78 is 64.4. The van der Waals surface area contributed by atoms with Crippen molar-refractivity contribution in [2.45, 2.75) is 19.3 Å². The Labute approximate surface area is 99.8 Å². The summed E-state index contributed by atoms with van der Waals surface area (Å²) in [6, 6.07) is 0. The van der Waals surface area contributed by atoms with Gasteiger partial charge in [-0.3, -0.25) is 0 Å². The van der Waals surface area contributed by atoms with Crippen LogP contribution in [0.1, 0.15) is 19.3 Å². The number of halogens is 5. The van der Waals surface area contributed by atoms with Gasteiger partial charge in [0.25, 0.3) is 0 Å². The van der Waals surface area contributed by atoms with Gasteiger partial charge in [-0.05, 0) is 19.3 Å². The van der Waals surface area contributed by atoms with E-state index in [1.807, 2.05) is 0 Å². The van der Waals surface area contributed by atoms with E-state index in [9.17, 15) is 27.2 Å². The normalized spacial score (nSPS) is 19.0. The minimum atomic E-state index is -2.24. The van der Waals surface area contributed by atoms with E-state index in [0.717, 1.165) is 0 Å². The van der Waals surface area contributed by atoms with Crippen LogP contribution in [0.5, 0.6) is 0 Å². The summed E-state index contributed by atoms with van der Waals surface area (Å²) in [7, 11) is 0. The molecule has 1 aliphatic rings. The van der Waals surface area contributed by atoms with Crippen molar-refractivity contribution in [3.63, 3.8) is 0 Å². The zero-order valence-corrected chi connectivity index (χ0v) is 9.28. The molecule has 1 saturated heterocycles. The lowest BCUT2D eigenvalue weighted by Gasteiger charge is -2.44. The molecule has 0 bridgehead atoms. The van der Waals surface area contributed by atoms with Crippen LogP contribution in [0.25, 0.3) is 0 Å². The molecule has 0 atom stereocenters. The Kier molecular flexibility index (Phi) is 3.29. The summed E-state index contributed by atoms with van der Waals surface area (Å²) >= 11 is 0. The van der Waals surface area contributed by atoms with E-state index >= 15 is 0 Å². The molecule has 2 rings (SSSR count). The van der Waals surface area contributed by atoms with Gasteiger partial charge in [-0.15, -0.1) is 0 Å². The van der Waals surface area contributed by atoms with Crippen molar-refractivity contribution < 1.29 is 22.0 Å². The van der Waals surface area contributed by atoms with E-state index < -0.39 is 39.4 Å². The van der Waals surface area contributed by atoms with Crippen molar-refractivity contribution in [3.8, 4) is 0 Å². The van der Waals surface area contributed by atoms with Gasteiger partial charge in [0.15, 0.2) is 0 Å². The predicted octanol–water partition coefficient (Wildman–Crippen LogP) is 3.37. The molecule has 2 nitrogen and oxygen atoms in total. The van der Waals surface area contributed by atoms with Crippen LogP contribution in [-0.4, -0.2) is 13.1 Å². The third kappa shape index (κ3) is 1.87. The van der Waals surface area contributed by atoms with Crippen molar-refractivity contribution in [3.05, 3.63) is 34.3 Å². The Hall–Kier alpha value is -1.21. The Bertz CT molecular complexity index is 456. The topological polar surface area (TPSA) is 23.1 Å². The number of hydroxylamine groups is 2. The molecule has 100 valence electrons. The highest BCUT2D eigenvalue weighted by Gasteiger charge is 2.37. The number of hydrogen-bond acceptors (Lipinski definition) is 1. The molecule has 1 aromatic rings. The van der Waals surface area contributed by atoms with Gasteiger partial charge >= 0.3 is 0 Å². The number of nitrogens with zero attached hydrogens (tertiary/aromatic N) is 1. The number of rotatable bonds is 1. The van der Waals surface area contributed by atoms with Crippen molar-refractivity contribution in [1.82, 2.24) is 4.65 Å². The van der Waals surface area contributed by atoms with Gasteiger partial charge in [0, 0.05) is 0 Å². The molecule has 0 unspecified atom stereocenters. The molecular formula is C11H10F5NO. The van der Waals surface area contributed by atoms with Gasteiger partial charge in [0.05, 0.1) is 13.1 Å². The largest absolute Gasteiger partial charge is 0.627 e. The van der Waals surface area contributed by atoms with Gasteiger partial charge in [0.2, 0.25) is 34.8 Å². The first-order valence-electron chi connectivity index (χ1n) is 5.48. The van der Waals surface area contributed by atoms with E-state index in [0.29, 0.717) is 19.3 Å². The summed E-state index contributed by atoms with van der Waals surface area (Å²) in [5.74, 6) is -10.4. The molecule has 18 heavy (non-hydrogen) atoms. The van der Waals surface area contributed by atoms with Crippen LogP contribution in [0, 0.1) is 34.3 Å². The first-order chi connectivity index (χ1) is 8.38. The summed E-state index contributed by atoms with van der Waals surface area (Å²) in [6.45, 7) is -0.364. The molecule has 0 N–H and O–H groups in total. The second-order valence-electron chi connectivity index (χ2n) is 4.32. The molecular weight excluding hydrogens is 257 g/mol. The van der Waals surface area contributed by atoms with Crippen molar-refractivity contribution in [2.24, 2.45) is 0 Å². The minimum Gasteiger partial charge on any atom is -0.627 e. The zero-order valence-electron chi connectivity index (χ0n) is 9.28. The average Bonchev–Trinajstić information content (AvgIpc) is 2.35. The van der Waals surface area contributed by atoms with Gasteiger partial charge in [-0.25, -0.2) is 13.2 Å². The van der Waals surface area contributed by atoms with E-state index in [4.69, 9.17) is 0 Å². The number of benzene rings is 1. The summed E-state index contributed by atoms with van der Waals surface area (Å²) in [6.07, 6.45) is 1.49. The molecule has 1 heterocycles. The summed E-state index contributed by atoms with van der Waals surface area (Å²) in [5.41, 5.74) is -1.27. The molecule has 0 radical (unpaired) electrons. The molecule has 1 aliphatic heterocycles. The molecule has 0 amide bonds. The lowest BCUT2D eigenvalue weighted by Crippen LogP contribution is -2.48. The van der Waals surface area contributed by atoms with E-state index in [1.165, 1.54) is 0 Å². The van der Waals surface area contributed by atoms with Crippen molar-refractivity contribution in [2.75, 3.05) is 13.1 Å². The highest BCUT2D eigenvalue weighted by molar-refractivity contribution is 5.48. The highest BCUT2D eigenvalue weighted by atomic mass is 19.2. The first kappa shape index (κ1) is 13.2. The molecule has 1 aromatic carbocycles. The molecule has 0 saturated carbocycles. The van der Waals surface area contributed by atoms with E-state index in [1.54, 1.807) is 0 Å². The maximum Gasteiger partial charge on any atom is 0.226 e. The lowest BCUT2D eigenvalue weighted by molar-refractivity contribution is 0.275. The third-order valence-electron chi connectivity index (χ3n) is 3.13. The molecule has 0 aromatic heterocycles. The van der Waals surface area contributed by atoms with Gasteiger partial charge in [-0.1, -0.05) is 0 Å². The Morgan fingerprint density at radius 3 is 1.50 bits per heavy atom. The second-order valence-corrected chi connectivity index (χ2v) is 4.32. The van der Waals surface area contributed by atoms with Gasteiger partial charge < -0.3 is 9.85 Å². The first-order valence-corrected chi connectivity index (χ1v) is 5.48.